The van der Waals surface area contributed by atoms with Gasteiger partial charge in [0.1, 0.15) is 0 Å². The van der Waals surface area contributed by atoms with Crippen molar-refractivity contribution in [3.05, 3.63) is 30.2 Å². The first-order valence-corrected chi connectivity index (χ1v) is 7.91. The van der Waals surface area contributed by atoms with E-state index in [4.69, 9.17) is 4.42 Å². The lowest BCUT2D eigenvalue weighted by Gasteiger charge is -2.32. The summed E-state index contributed by atoms with van der Waals surface area (Å²) in [4.78, 5) is 0. The molecule has 1 aliphatic carbocycles. The number of anilines is 1. The molecule has 1 aromatic carbocycles. The fourth-order valence-corrected chi connectivity index (χ4v) is 3.30. The molecule has 2 unspecified atom stereocenters. The van der Waals surface area contributed by atoms with Crippen LogP contribution >= 0.6 is 0 Å². The molecule has 2 atom stereocenters. The summed E-state index contributed by atoms with van der Waals surface area (Å²) in [7, 11) is 0. The van der Waals surface area contributed by atoms with E-state index >= 15 is 0 Å². The Balaban J connectivity index is 1.82. The van der Waals surface area contributed by atoms with Crippen LogP contribution < -0.4 is 5.32 Å². The lowest BCUT2D eigenvalue weighted by molar-refractivity contribution is 0.317. The monoisotopic (exact) mass is 285 g/mol. The van der Waals surface area contributed by atoms with Crippen LogP contribution in [0.25, 0.3) is 11.5 Å². The van der Waals surface area contributed by atoms with Gasteiger partial charge in [-0.15, -0.1) is 10.2 Å². The van der Waals surface area contributed by atoms with Crippen LogP contribution in [0, 0.1) is 12.8 Å². The van der Waals surface area contributed by atoms with E-state index in [1.807, 2.05) is 6.07 Å². The molecule has 1 heterocycles. The van der Waals surface area contributed by atoms with Crippen molar-refractivity contribution in [3.8, 4) is 11.5 Å². The number of nitrogens with zero attached hydrogens (tertiary/aromatic N) is 2. The van der Waals surface area contributed by atoms with E-state index < -0.39 is 0 Å². The molecule has 0 bridgehead atoms. The molecule has 1 aliphatic rings. The Morgan fingerprint density at radius 2 is 2.14 bits per heavy atom. The zero-order valence-corrected chi connectivity index (χ0v) is 12.8. The van der Waals surface area contributed by atoms with Gasteiger partial charge in [0.15, 0.2) is 0 Å². The summed E-state index contributed by atoms with van der Waals surface area (Å²) < 4.78 is 5.30. The summed E-state index contributed by atoms with van der Waals surface area (Å²) in [5.41, 5.74) is 3.43. The number of nitrogens with one attached hydrogen (secondary N) is 1. The first kappa shape index (κ1) is 14.1. The van der Waals surface area contributed by atoms with Gasteiger partial charge in [0, 0.05) is 17.3 Å². The molecular formula is C17H23N3O. The van der Waals surface area contributed by atoms with E-state index in [2.05, 4.69) is 41.5 Å². The van der Waals surface area contributed by atoms with E-state index in [0.717, 1.165) is 11.5 Å². The topological polar surface area (TPSA) is 51.0 Å². The predicted octanol–water partition coefficient (Wildman–Crippen LogP) is 4.43. The number of benzene rings is 1. The van der Waals surface area contributed by atoms with Gasteiger partial charge in [-0.25, -0.2) is 0 Å². The van der Waals surface area contributed by atoms with Crippen LogP contribution in [0.5, 0.6) is 0 Å². The standard InChI is InChI=1S/C17H23N3O/c1-3-13-6-4-5-7-15(13)19-16-10-14(9-8-12(16)2)17-20-18-11-21-17/h8-11,13,15,19H,3-7H2,1-2H3. The highest BCUT2D eigenvalue weighted by atomic mass is 16.4. The molecule has 0 spiro atoms. The highest BCUT2D eigenvalue weighted by Gasteiger charge is 2.23. The van der Waals surface area contributed by atoms with Crippen LogP contribution in [0.4, 0.5) is 5.69 Å². The van der Waals surface area contributed by atoms with Gasteiger partial charge in [-0.05, 0) is 43.4 Å². The Morgan fingerprint density at radius 3 is 2.90 bits per heavy atom. The number of aromatic nitrogens is 2. The lowest BCUT2D eigenvalue weighted by Crippen LogP contribution is -2.32. The molecule has 1 aromatic heterocycles. The number of rotatable bonds is 4. The second-order valence-corrected chi connectivity index (χ2v) is 5.98. The normalized spacial score (nSPS) is 22.2. The molecule has 3 rings (SSSR count). The summed E-state index contributed by atoms with van der Waals surface area (Å²) in [5.74, 6) is 1.36. The smallest absolute Gasteiger partial charge is 0.247 e. The van der Waals surface area contributed by atoms with Crippen molar-refractivity contribution >= 4 is 5.69 Å². The summed E-state index contributed by atoms with van der Waals surface area (Å²) >= 11 is 0. The third-order valence-corrected chi connectivity index (χ3v) is 4.62. The highest BCUT2D eigenvalue weighted by molar-refractivity contribution is 5.64. The minimum Gasteiger partial charge on any atom is -0.423 e. The molecule has 1 N–H and O–H groups in total. The molecule has 0 amide bonds. The van der Waals surface area contributed by atoms with E-state index in [-0.39, 0.29) is 0 Å². The number of hydrogen-bond donors (Lipinski definition) is 1. The van der Waals surface area contributed by atoms with Crippen molar-refractivity contribution in [2.45, 2.75) is 52.0 Å². The summed E-state index contributed by atoms with van der Waals surface area (Å²) in [6.45, 7) is 4.44. The summed E-state index contributed by atoms with van der Waals surface area (Å²) in [6, 6.07) is 6.86. The predicted molar refractivity (Wildman–Crippen MR) is 84.1 cm³/mol. The Morgan fingerprint density at radius 1 is 1.29 bits per heavy atom. The maximum Gasteiger partial charge on any atom is 0.247 e. The van der Waals surface area contributed by atoms with E-state index in [9.17, 15) is 0 Å². The first-order chi connectivity index (χ1) is 10.3. The van der Waals surface area contributed by atoms with Crippen molar-refractivity contribution < 1.29 is 4.42 Å². The Labute approximate surface area is 126 Å². The van der Waals surface area contributed by atoms with Crippen molar-refractivity contribution in [1.82, 2.24) is 10.2 Å². The van der Waals surface area contributed by atoms with Crippen LogP contribution in [0.3, 0.4) is 0 Å². The van der Waals surface area contributed by atoms with Crippen molar-refractivity contribution in [2.24, 2.45) is 5.92 Å². The molecule has 112 valence electrons. The van der Waals surface area contributed by atoms with E-state index in [1.165, 1.54) is 49.7 Å². The second kappa shape index (κ2) is 6.29. The van der Waals surface area contributed by atoms with Crippen LogP contribution in [-0.2, 0) is 0 Å². The molecule has 0 saturated heterocycles. The molecule has 4 nitrogen and oxygen atoms in total. The Bertz CT molecular complexity index is 580. The van der Waals surface area contributed by atoms with Crippen LogP contribution in [0.2, 0.25) is 0 Å². The van der Waals surface area contributed by atoms with Gasteiger partial charge in [-0.3, -0.25) is 0 Å². The van der Waals surface area contributed by atoms with Gasteiger partial charge in [0.2, 0.25) is 12.3 Å². The average Bonchev–Trinajstić information content (AvgIpc) is 3.04. The van der Waals surface area contributed by atoms with Crippen molar-refractivity contribution in [3.63, 3.8) is 0 Å². The lowest BCUT2D eigenvalue weighted by atomic mass is 9.82. The number of aryl methyl sites for hydroxylation is 1. The molecule has 0 aliphatic heterocycles. The first-order valence-electron chi connectivity index (χ1n) is 7.91. The van der Waals surface area contributed by atoms with Gasteiger partial charge >= 0.3 is 0 Å². The maximum absolute atomic E-state index is 5.30. The minimum absolute atomic E-state index is 0.578. The van der Waals surface area contributed by atoms with Crippen molar-refractivity contribution in [1.29, 1.82) is 0 Å². The summed E-state index contributed by atoms with van der Waals surface area (Å²) in [5, 5.41) is 11.5. The molecule has 4 heteroatoms. The fourth-order valence-electron chi connectivity index (χ4n) is 3.30. The maximum atomic E-state index is 5.30. The Kier molecular flexibility index (Phi) is 4.23. The molecule has 0 radical (unpaired) electrons. The highest BCUT2D eigenvalue weighted by Crippen LogP contribution is 2.31. The third-order valence-electron chi connectivity index (χ3n) is 4.62. The minimum atomic E-state index is 0.578. The molecule has 1 fully saturated rings. The SMILES string of the molecule is CCC1CCCCC1Nc1cc(-c2nnco2)ccc1C. The van der Waals surface area contributed by atoms with Gasteiger partial charge in [-0.1, -0.05) is 32.3 Å². The second-order valence-electron chi connectivity index (χ2n) is 5.98. The third kappa shape index (κ3) is 3.09. The van der Waals surface area contributed by atoms with Gasteiger partial charge in [-0.2, -0.15) is 0 Å². The molecular weight excluding hydrogens is 262 g/mol. The molecule has 2 aromatic rings. The molecule has 21 heavy (non-hydrogen) atoms. The van der Waals surface area contributed by atoms with Gasteiger partial charge in [0.05, 0.1) is 0 Å². The fraction of sp³-hybridized carbons (Fsp3) is 0.529. The Hall–Kier alpha value is -1.84. The van der Waals surface area contributed by atoms with Crippen LogP contribution in [0.1, 0.15) is 44.6 Å². The average molecular weight is 285 g/mol. The van der Waals surface area contributed by atoms with Crippen LogP contribution in [-0.4, -0.2) is 16.2 Å². The zero-order chi connectivity index (χ0) is 14.7. The zero-order valence-electron chi connectivity index (χ0n) is 12.8. The van der Waals surface area contributed by atoms with Gasteiger partial charge in [0.25, 0.3) is 0 Å². The summed E-state index contributed by atoms with van der Waals surface area (Å²) in [6.07, 6.45) is 7.93. The quantitative estimate of drug-likeness (QED) is 0.903. The molecule has 1 saturated carbocycles. The largest absolute Gasteiger partial charge is 0.423 e. The van der Waals surface area contributed by atoms with Crippen LogP contribution in [0.15, 0.2) is 29.0 Å². The van der Waals surface area contributed by atoms with Crippen molar-refractivity contribution in [2.75, 3.05) is 5.32 Å². The van der Waals surface area contributed by atoms with E-state index in [0.29, 0.717) is 11.9 Å². The van der Waals surface area contributed by atoms with Gasteiger partial charge < -0.3 is 9.73 Å². The number of hydrogen-bond acceptors (Lipinski definition) is 4. The van der Waals surface area contributed by atoms with E-state index in [1.54, 1.807) is 0 Å².